The maximum absolute atomic E-state index is 12.5. The lowest BCUT2D eigenvalue weighted by Gasteiger charge is -2.10. The number of carbonyl (C=O) groups excluding carboxylic acids is 2. The zero-order chi connectivity index (χ0) is 20.0. The summed E-state index contributed by atoms with van der Waals surface area (Å²) in [7, 11) is 0. The molecule has 0 saturated heterocycles. The Kier molecular flexibility index (Phi) is 4.09. The second-order valence-electron chi connectivity index (χ2n) is 6.54. The molecule has 3 aromatic rings. The number of rotatable bonds is 4. The van der Waals surface area contributed by atoms with Crippen LogP contribution in [0.1, 0.15) is 12.5 Å². The van der Waals surface area contributed by atoms with Crippen LogP contribution in [0.5, 0.6) is 11.5 Å². The number of amides is 2. The van der Waals surface area contributed by atoms with Gasteiger partial charge in [-0.15, -0.1) is 5.10 Å². The number of hydrogen-bond donors (Lipinski definition) is 2. The first kappa shape index (κ1) is 17.5. The second-order valence-corrected chi connectivity index (χ2v) is 6.97. The Morgan fingerprint density at radius 1 is 1.21 bits per heavy atom. The topological polar surface area (TPSA) is 107 Å². The van der Waals surface area contributed by atoms with Gasteiger partial charge in [-0.2, -0.15) is 4.98 Å². The lowest BCUT2D eigenvalue weighted by molar-refractivity contribution is -0.123. The van der Waals surface area contributed by atoms with E-state index in [9.17, 15) is 9.59 Å². The maximum Gasteiger partial charge on any atom is 0.252 e. The Bertz CT molecular complexity index is 1130. The van der Waals surface area contributed by atoms with Gasteiger partial charge in [0.2, 0.25) is 18.6 Å². The van der Waals surface area contributed by atoms with Gasteiger partial charge in [0, 0.05) is 22.3 Å². The molecule has 2 amide bonds. The van der Waals surface area contributed by atoms with Gasteiger partial charge in [-0.25, -0.2) is 4.68 Å². The van der Waals surface area contributed by atoms with Crippen LogP contribution < -0.4 is 20.1 Å². The summed E-state index contributed by atoms with van der Waals surface area (Å²) in [5.74, 6) is 1.27. The van der Waals surface area contributed by atoms with Crippen LogP contribution in [0.3, 0.4) is 0 Å². The van der Waals surface area contributed by atoms with Crippen molar-refractivity contribution >= 4 is 35.1 Å². The molecule has 2 aliphatic rings. The van der Waals surface area contributed by atoms with Gasteiger partial charge in [-0.05, 0) is 36.4 Å². The molecule has 0 aliphatic carbocycles. The highest BCUT2D eigenvalue weighted by atomic mass is 35.5. The first-order valence-electron chi connectivity index (χ1n) is 8.80. The molecule has 0 spiro atoms. The summed E-state index contributed by atoms with van der Waals surface area (Å²) in [5.41, 5.74) is 1.31. The quantitative estimate of drug-likeness (QED) is 0.683. The molecule has 0 radical (unpaired) electrons. The third-order valence-corrected chi connectivity index (χ3v) is 4.85. The van der Waals surface area contributed by atoms with E-state index in [1.54, 1.807) is 42.5 Å². The number of hydrogen-bond acceptors (Lipinski definition) is 6. The number of benzene rings is 2. The lowest BCUT2D eigenvalue weighted by atomic mass is 10.2. The summed E-state index contributed by atoms with van der Waals surface area (Å²) in [6.07, 6.45) is -0.0866. The van der Waals surface area contributed by atoms with Gasteiger partial charge in [0.05, 0.1) is 6.42 Å². The van der Waals surface area contributed by atoms with Crippen molar-refractivity contribution in [2.75, 3.05) is 17.4 Å². The monoisotopic (exact) mass is 411 g/mol. The van der Waals surface area contributed by atoms with Crippen LogP contribution in [-0.2, 0) is 9.59 Å². The Labute approximate surface area is 169 Å². The van der Waals surface area contributed by atoms with E-state index in [0.29, 0.717) is 34.0 Å². The van der Waals surface area contributed by atoms with Crippen molar-refractivity contribution in [2.45, 2.75) is 12.5 Å². The highest BCUT2D eigenvalue weighted by Crippen LogP contribution is 2.34. The molecule has 2 N–H and O–H groups in total. The molecule has 9 nitrogen and oxygen atoms in total. The molecule has 0 bridgehead atoms. The number of fused-ring (bicyclic) bond motifs is 2. The highest BCUT2D eigenvalue weighted by Gasteiger charge is 2.35. The zero-order valence-electron chi connectivity index (χ0n) is 14.9. The summed E-state index contributed by atoms with van der Waals surface area (Å²) in [4.78, 5) is 29.1. The van der Waals surface area contributed by atoms with Gasteiger partial charge in [0.1, 0.15) is 6.04 Å². The van der Waals surface area contributed by atoms with Crippen LogP contribution in [0.25, 0.3) is 11.4 Å². The van der Waals surface area contributed by atoms with Gasteiger partial charge in [-0.3, -0.25) is 14.9 Å². The van der Waals surface area contributed by atoms with Crippen LogP contribution in [-0.4, -0.2) is 33.4 Å². The molecule has 2 aromatic carbocycles. The normalized spacial score (nSPS) is 16.4. The van der Waals surface area contributed by atoms with E-state index >= 15 is 0 Å². The van der Waals surface area contributed by atoms with Crippen molar-refractivity contribution in [3.05, 3.63) is 47.5 Å². The van der Waals surface area contributed by atoms with E-state index < -0.39 is 6.04 Å². The number of nitrogens with zero attached hydrogens (tertiary/aromatic N) is 3. The Hall–Kier alpha value is -3.59. The molecule has 2 aliphatic heterocycles. The van der Waals surface area contributed by atoms with Crippen molar-refractivity contribution in [1.82, 2.24) is 14.8 Å². The molecule has 0 saturated carbocycles. The first-order chi connectivity index (χ1) is 14.1. The number of carbonyl (C=O) groups is 2. The molecule has 146 valence electrons. The third kappa shape index (κ3) is 3.25. The minimum absolute atomic E-state index is 0.0866. The molecule has 0 fully saturated rings. The van der Waals surface area contributed by atoms with E-state index in [1.807, 2.05) is 0 Å². The summed E-state index contributed by atoms with van der Waals surface area (Å²) in [6.45, 7) is 0.153. The summed E-state index contributed by atoms with van der Waals surface area (Å²) in [6, 6.07) is 11.4. The molecule has 3 heterocycles. The molecule has 10 heteroatoms. The smallest absolute Gasteiger partial charge is 0.252 e. The predicted molar refractivity (Wildman–Crippen MR) is 104 cm³/mol. The molecule has 29 heavy (non-hydrogen) atoms. The Morgan fingerprint density at radius 3 is 2.83 bits per heavy atom. The standard InChI is InChI=1S/C19H14ClN5O4/c20-11-3-1-10(2-4-11)17-22-19-23-18(27)13(25(19)24-17)8-16(26)21-12-5-6-14-15(7-12)29-9-28-14/h1-7,13H,8-9H2,(H,21,26)(H,22,23,24,27)/t13-/m0/s1. The minimum Gasteiger partial charge on any atom is -0.454 e. The largest absolute Gasteiger partial charge is 0.454 e. The number of anilines is 2. The third-order valence-electron chi connectivity index (χ3n) is 4.60. The van der Waals surface area contributed by atoms with Crippen molar-refractivity contribution in [2.24, 2.45) is 0 Å². The van der Waals surface area contributed by atoms with E-state index in [1.165, 1.54) is 4.68 Å². The number of nitrogens with one attached hydrogen (secondary N) is 2. The van der Waals surface area contributed by atoms with Crippen molar-refractivity contribution in [1.29, 1.82) is 0 Å². The fourth-order valence-electron chi connectivity index (χ4n) is 3.19. The molecule has 1 atom stereocenters. The maximum atomic E-state index is 12.5. The van der Waals surface area contributed by atoms with Gasteiger partial charge in [0.15, 0.2) is 17.3 Å². The van der Waals surface area contributed by atoms with Crippen LogP contribution >= 0.6 is 11.6 Å². The van der Waals surface area contributed by atoms with Crippen LogP contribution in [0.4, 0.5) is 11.6 Å². The number of aromatic nitrogens is 3. The Balaban J connectivity index is 1.32. The predicted octanol–water partition coefficient (Wildman–Crippen LogP) is 2.85. The van der Waals surface area contributed by atoms with Crippen LogP contribution in [0, 0.1) is 0 Å². The second kappa shape index (κ2) is 6.78. The van der Waals surface area contributed by atoms with Crippen LogP contribution in [0.15, 0.2) is 42.5 Å². The molecular weight excluding hydrogens is 398 g/mol. The van der Waals surface area contributed by atoms with E-state index in [2.05, 4.69) is 20.7 Å². The summed E-state index contributed by atoms with van der Waals surface area (Å²) >= 11 is 5.91. The van der Waals surface area contributed by atoms with E-state index in [0.717, 1.165) is 5.56 Å². The van der Waals surface area contributed by atoms with Gasteiger partial charge >= 0.3 is 0 Å². The summed E-state index contributed by atoms with van der Waals surface area (Å²) < 4.78 is 12.0. The van der Waals surface area contributed by atoms with Crippen molar-refractivity contribution in [3.8, 4) is 22.9 Å². The number of ether oxygens (including phenoxy) is 2. The van der Waals surface area contributed by atoms with Gasteiger partial charge < -0.3 is 14.8 Å². The molecule has 1 aromatic heterocycles. The first-order valence-corrected chi connectivity index (χ1v) is 9.17. The lowest BCUT2D eigenvalue weighted by Crippen LogP contribution is -2.23. The average Bonchev–Trinajstić information content (AvgIpc) is 3.39. The zero-order valence-corrected chi connectivity index (χ0v) is 15.6. The highest BCUT2D eigenvalue weighted by molar-refractivity contribution is 6.30. The fraction of sp³-hybridized carbons (Fsp3) is 0.158. The van der Waals surface area contributed by atoms with Crippen LogP contribution in [0.2, 0.25) is 5.02 Å². The van der Waals surface area contributed by atoms with Crippen molar-refractivity contribution < 1.29 is 19.1 Å². The average molecular weight is 412 g/mol. The Morgan fingerprint density at radius 2 is 2.00 bits per heavy atom. The summed E-state index contributed by atoms with van der Waals surface area (Å²) in [5, 5.41) is 10.4. The van der Waals surface area contributed by atoms with E-state index in [-0.39, 0.29) is 25.0 Å². The number of halogens is 1. The fourth-order valence-corrected chi connectivity index (χ4v) is 3.32. The van der Waals surface area contributed by atoms with Gasteiger partial charge in [0.25, 0.3) is 5.91 Å². The van der Waals surface area contributed by atoms with Gasteiger partial charge in [-0.1, -0.05) is 11.6 Å². The molecule has 5 rings (SSSR count). The molecule has 0 unspecified atom stereocenters. The van der Waals surface area contributed by atoms with E-state index in [4.69, 9.17) is 21.1 Å². The molecular formula is C19H14ClN5O4. The van der Waals surface area contributed by atoms with Crippen molar-refractivity contribution in [3.63, 3.8) is 0 Å². The SMILES string of the molecule is O=C(C[C@H]1C(=O)Nc2nc(-c3ccc(Cl)cc3)nn21)Nc1ccc2c(c1)OCO2. The minimum atomic E-state index is -0.785.